The normalized spacial score (nSPS) is 18.3. The summed E-state index contributed by atoms with van der Waals surface area (Å²) in [5.41, 5.74) is 1.95. The van der Waals surface area contributed by atoms with Gasteiger partial charge < -0.3 is 9.80 Å². The predicted molar refractivity (Wildman–Crippen MR) is 87.2 cm³/mol. The molecule has 1 fully saturated rings. The van der Waals surface area contributed by atoms with Gasteiger partial charge in [-0.2, -0.15) is 0 Å². The largest absolute Gasteiger partial charge is 0.355 e. The molecule has 2 aromatic rings. The average molecular weight is 298 g/mol. The van der Waals surface area contributed by atoms with E-state index in [2.05, 4.69) is 36.8 Å². The molecule has 6 heteroatoms. The van der Waals surface area contributed by atoms with E-state index in [1.165, 1.54) is 0 Å². The summed E-state index contributed by atoms with van der Waals surface area (Å²) in [5, 5.41) is 0. The first-order chi connectivity index (χ1) is 10.6. The molecule has 0 saturated carbocycles. The molecule has 0 bridgehead atoms. The summed E-state index contributed by atoms with van der Waals surface area (Å²) in [7, 11) is 2.11. The minimum atomic E-state index is 0.422. The Bertz CT molecular complexity index is 601. The fourth-order valence-electron chi connectivity index (χ4n) is 2.90. The van der Waals surface area contributed by atoms with Crippen LogP contribution in [0.1, 0.15) is 24.2 Å². The first-order valence-electron chi connectivity index (χ1n) is 7.68. The van der Waals surface area contributed by atoms with Gasteiger partial charge in [-0.15, -0.1) is 0 Å². The third-order valence-corrected chi connectivity index (χ3v) is 4.16. The first-order valence-corrected chi connectivity index (χ1v) is 7.68. The van der Waals surface area contributed by atoms with Crippen LogP contribution in [0.15, 0.2) is 24.8 Å². The highest BCUT2D eigenvalue weighted by Crippen LogP contribution is 2.23. The molecule has 0 aliphatic carbocycles. The Morgan fingerprint density at radius 2 is 2.05 bits per heavy atom. The predicted octanol–water partition coefficient (Wildman–Crippen LogP) is 1.99. The van der Waals surface area contributed by atoms with Gasteiger partial charge in [-0.25, -0.2) is 15.0 Å². The molecule has 2 aromatic heterocycles. The highest BCUT2D eigenvalue weighted by molar-refractivity contribution is 5.42. The summed E-state index contributed by atoms with van der Waals surface area (Å²) < 4.78 is 0. The van der Waals surface area contributed by atoms with Crippen molar-refractivity contribution in [2.24, 2.45) is 0 Å². The molecule has 0 aromatic carbocycles. The average Bonchev–Trinajstić information content (AvgIpc) is 2.54. The Morgan fingerprint density at radius 1 is 1.18 bits per heavy atom. The van der Waals surface area contributed by atoms with E-state index >= 15 is 0 Å². The summed E-state index contributed by atoms with van der Waals surface area (Å²) in [4.78, 5) is 22.0. The Hall–Kier alpha value is -2.24. The fraction of sp³-hybridized carbons (Fsp3) is 0.500. The third-order valence-electron chi connectivity index (χ3n) is 4.16. The first kappa shape index (κ1) is 14.7. The molecular weight excluding hydrogens is 276 g/mol. The Kier molecular flexibility index (Phi) is 4.18. The monoisotopic (exact) mass is 298 g/mol. The number of nitrogens with zero attached hydrogens (tertiary/aromatic N) is 6. The molecular formula is C16H22N6. The van der Waals surface area contributed by atoms with E-state index in [1.54, 1.807) is 12.5 Å². The van der Waals surface area contributed by atoms with E-state index in [-0.39, 0.29) is 0 Å². The lowest BCUT2D eigenvalue weighted by molar-refractivity contribution is 0.482. The molecule has 1 unspecified atom stereocenters. The number of hydrogen-bond acceptors (Lipinski definition) is 6. The van der Waals surface area contributed by atoms with Crippen LogP contribution in [0.2, 0.25) is 0 Å². The second-order valence-corrected chi connectivity index (χ2v) is 5.89. The van der Waals surface area contributed by atoms with Gasteiger partial charge in [0.05, 0.1) is 11.9 Å². The van der Waals surface area contributed by atoms with Crippen LogP contribution in [0.25, 0.3) is 0 Å². The van der Waals surface area contributed by atoms with Crippen LogP contribution in [0.5, 0.6) is 0 Å². The van der Waals surface area contributed by atoms with Gasteiger partial charge >= 0.3 is 0 Å². The number of aryl methyl sites for hydroxylation is 2. The highest BCUT2D eigenvalue weighted by atomic mass is 15.3. The maximum Gasteiger partial charge on any atom is 0.147 e. The van der Waals surface area contributed by atoms with Crippen LogP contribution in [0.3, 0.4) is 0 Å². The quantitative estimate of drug-likeness (QED) is 0.863. The summed E-state index contributed by atoms with van der Waals surface area (Å²) in [6.07, 6.45) is 7.59. The molecule has 0 N–H and O–H groups in total. The summed E-state index contributed by atoms with van der Waals surface area (Å²) >= 11 is 0. The van der Waals surface area contributed by atoms with Crippen LogP contribution >= 0.6 is 0 Å². The molecule has 3 rings (SSSR count). The molecule has 1 aliphatic rings. The molecule has 3 heterocycles. The van der Waals surface area contributed by atoms with E-state index in [1.807, 2.05) is 26.1 Å². The van der Waals surface area contributed by atoms with Crippen molar-refractivity contribution < 1.29 is 0 Å². The smallest absolute Gasteiger partial charge is 0.147 e. The van der Waals surface area contributed by atoms with Crippen molar-refractivity contribution in [3.8, 4) is 0 Å². The van der Waals surface area contributed by atoms with Crippen molar-refractivity contribution in [2.75, 3.05) is 29.9 Å². The van der Waals surface area contributed by atoms with Gasteiger partial charge in [0.2, 0.25) is 0 Å². The Balaban J connectivity index is 1.75. The van der Waals surface area contributed by atoms with E-state index < -0.39 is 0 Å². The molecule has 0 radical (unpaired) electrons. The summed E-state index contributed by atoms with van der Waals surface area (Å²) in [6, 6.07) is 2.45. The third kappa shape index (κ3) is 3.16. The van der Waals surface area contributed by atoms with Gasteiger partial charge in [0.15, 0.2) is 0 Å². The number of likely N-dealkylation sites (N-methyl/N-ethyl adjacent to an activating group) is 1. The minimum absolute atomic E-state index is 0.422. The van der Waals surface area contributed by atoms with Crippen LogP contribution in [0.4, 0.5) is 11.6 Å². The second kappa shape index (κ2) is 6.25. The molecule has 6 nitrogen and oxygen atoms in total. The van der Waals surface area contributed by atoms with Crippen molar-refractivity contribution in [1.82, 2.24) is 19.9 Å². The molecule has 116 valence electrons. The van der Waals surface area contributed by atoms with E-state index in [9.17, 15) is 0 Å². The van der Waals surface area contributed by atoms with Gasteiger partial charge in [0.1, 0.15) is 18.0 Å². The Labute approximate surface area is 131 Å². The van der Waals surface area contributed by atoms with Gasteiger partial charge in [0, 0.05) is 44.1 Å². The second-order valence-electron chi connectivity index (χ2n) is 5.89. The standard InChI is InChI=1S/C16H22N6/c1-12-7-15(19-11-18-12)21(3)14-5-4-6-22(10-14)16-9-17-8-13(2)20-16/h7-9,11,14H,4-6,10H2,1-3H3. The topological polar surface area (TPSA) is 58.0 Å². The van der Waals surface area contributed by atoms with E-state index in [0.717, 1.165) is 49.0 Å². The number of aromatic nitrogens is 4. The van der Waals surface area contributed by atoms with Crippen molar-refractivity contribution in [2.45, 2.75) is 32.7 Å². The van der Waals surface area contributed by atoms with Crippen molar-refractivity contribution in [1.29, 1.82) is 0 Å². The van der Waals surface area contributed by atoms with Crippen molar-refractivity contribution >= 4 is 11.6 Å². The molecule has 1 aliphatic heterocycles. The Morgan fingerprint density at radius 3 is 2.82 bits per heavy atom. The number of piperidine rings is 1. The lowest BCUT2D eigenvalue weighted by atomic mass is 10.0. The lowest BCUT2D eigenvalue weighted by Crippen LogP contribution is -2.47. The maximum absolute atomic E-state index is 4.60. The van der Waals surface area contributed by atoms with Crippen LogP contribution in [-0.2, 0) is 0 Å². The number of rotatable bonds is 3. The van der Waals surface area contributed by atoms with Crippen molar-refractivity contribution in [3.05, 3.63) is 36.2 Å². The molecule has 22 heavy (non-hydrogen) atoms. The zero-order valence-corrected chi connectivity index (χ0v) is 13.4. The van der Waals surface area contributed by atoms with Gasteiger partial charge in [-0.05, 0) is 26.7 Å². The van der Waals surface area contributed by atoms with E-state index in [4.69, 9.17) is 0 Å². The minimum Gasteiger partial charge on any atom is -0.355 e. The molecule has 1 saturated heterocycles. The lowest BCUT2D eigenvalue weighted by Gasteiger charge is -2.38. The van der Waals surface area contributed by atoms with Gasteiger partial charge in [-0.3, -0.25) is 4.98 Å². The molecule has 1 atom stereocenters. The van der Waals surface area contributed by atoms with Crippen molar-refractivity contribution in [3.63, 3.8) is 0 Å². The van der Waals surface area contributed by atoms with Crippen LogP contribution < -0.4 is 9.80 Å². The van der Waals surface area contributed by atoms with Gasteiger partial charge in [-0.1, -0.05) is 0 Å². The maximum atomic E-state index is 4.60. The number of hydrogen-bond donors (Lipinski definition) is 0. The SMILES string of the molecule is Cc1cc(N(C)C2CCCN(c3cncc(C)n3)C2)ncn1. The highest BCUT2D eigenvalue weighted by Gasteiger charge is 2.25. The fourth-order valence-corrected chi connectivity index (χ4v) is 2.90. The van der Waals surface area contributed by atoms with Crippen LogP contribution in [0, 0.1) is 13.8 Å². The van der Waals surface area contributed by atoms with Gasteiger partial charge in [0.25, 0.3) is 0 Å². The summed E-state index contributed by atoms with van der Waals surface area (Å²) in [5.74, 6) is 1.95. The zero-order valence-electron chi connectivity index (χ0n) is 13.4. The zero-order chi connectivity index (χ0) is 15.5. The molecule has 0 spiro atoms. The number of anilines is 2. The van der Waals surface area contributed by atoms with E-state index in [0.29, 0.717) is 6.04 Å². The molecule has 0 amide bonds. The summed E-state index contributed by atoms with van der Waals surface area (Å²) in [6.45, 7) is 5.95. The van der Waals surface area contributed by atoms with Crippen LogP contribution in [-0.4, -0.2) is 46.1 Å².